The lowest BCUT2D eigenvalue weighted by molar-refractivity contribution is -0.142. The summed E-state index contributed by atoms with van der Waals surface area (Å²) in [6.07, 6.45) is 0. The maximum atomic E-state index is 12.4. The summed E-state index contributed by atoms with van der Waals surface area (Å²) in [5.41, 5.74) is 2.23. The minimum Gasteiger partial charge on any atom is -0.465 e. The highest BCUT2D eigenvalue weighted by molar-refractivity contribution is 8.00. The molecule has 0 radical (unpaired) electrons. The number of carbonyl (C=O) groups excluding carboxylic acids is 1. The van der Waals surface area contributed by atoms with Crippen molar-refractivity contribution in [2.24, 2.45) is 0 Å². The molecular weight excluding hydrogens is 294 g/mol. The molecule has 0 N–H and O–H groups in total. The number of ether oxygens (including phenoxy) is 1. The second-order valence-electron chi connectivity index (χ2n) is 4.69. The minimum atomic E-state index is -0.476. The van der Waals surface area contributed by atoms with Gasteiger partial charge in [-0.15, -0.1) is 11.8 Å². The van der Waals surface area contributed by atoms with E-state index in [0.717, 1.165) is 16.0 Å². The van der Waals surface area contributed by atoms with E-state index in [2.05, 4.69) is 6.07 Å². The van der Waals surface area contributed by atoms with Crippen LogP contribution in [0.15, 0.2) is 53.4 Å². The highest BCUT2D eigenvalue weighted by atomic mass is 32.2. The Hall–Kier alpha value is -2.25. The second kappa shape index (κ2) is 7.67. The lowest BCUT2D eigenvalue weighted by Crippen LogP contribution is -2.14. The van der Waals surface area contributed by atoms with Crippen LogP contribution >= 0.6 is 11.8 Å². The van der Waals surface area contributed by atoms with Crippen molar-refractivity contribution in [3.63, 3.8) is 0 Å². The SMILES string of the molecule is CCOC(=O)C(Sc1ccccc1)c1cccc(C#N)c1C. The molecule has 0 saturated carbocycles. The van der Waals surface area contributed by atoms with Gasteiger partial charge in [-0.25, -0.2) is 0 Å². The largest absolute Gasteiger partial charge is 0.465 e. The third-order valence-corrected chi connectivity index (χ3v) is 4.50. The maximum absolute atomic E-state index is 12.4. The molecule has 3 nitrogen and oxygen atoms in total. The van der Waals surface area contributed by atoms with Gasteiger partial charge in [0, 0.05) is 4.90 Å². The minimum absolute atomic E-state index is 0.283. The zero-order chi connectivity index (χ0) is 15.9. The van der Waals surface area contributed by atoms with Crippen molar-refractivity contribution in [1.29, 1.82) is 5.26 Å². The van der Waals surface area contributed by atoms with Crippen LogP contribution in [0.1, 0.15) is 28.9 Å². The van der Waals surface area contributed by atoms with Gasteiger partial charge in [-0.2, -0.15) is 5.26 Å². The zero-order valence-electron chi connectivity index (χ0n) is 12.6. The fourth-order valence-electron chi connectivity index (χ4n) is 2.15. The van der Waals surface area contributed by atoms with Gasteiger partial charge in [0.1, 0.15) is 5.25 Å². The van der Waals surface area contributed by atoms with Gasteiger partial charge >= 0.3 is 5.97 Å². The van der Waals surface area contributed by atoms with E-state index in [-0.39, 0.29) is 5.97 Å². The fraction of sp³-hybridized carbons (Fsp3) is 0.222. The summed E-state index contributed by atoms with van der Waals surface area (Å²) in [7, 11) is 0. The lowest BCUT2D eigenvalue weighted by Gasteiger charge is -2.18. The predicted molar refractivity (Wildman–Crippen MR) is 87.6 cm³/mol. The fourth-order valence-corrected chi connectivity index (χ4v) is 3.28. The molecule has 0 fully saturated rings. The molecule has 0 amide bonds. The van der Waals surface area contributed by atoms with E-state index in [1.165, 1.54) is 11.8 Å². The first-order valence-electron chi connectivity index (χ1n) is 7.05. The van der Waals surface area contributed by atoms with Crippen LogP contribution in [0.3, 0.4) is 0 Å². The summed E-state index contributed by atoms with van der Waals surface area (Å²) in [5.74, 6) is -0.283. The Morgan fingerprint density at radius 2 is 1.95 bits per heavy atom. The number of carbonyl (C=O) groups is 1. The molecule has 0 bridgehead atoms. The molecule has 0 heterocycles. The summed E-state index contributed by atoms with van der Waals surface area (Å²) in [6.45, 7) is 3.99. The highest BCUT2D eigenvalue weighted by Gasteiger charge is 2.25. The monoisotopic (exact) mass is 311 g/mol. The summed E-state index contributed by atoms with van der Waals surface area (Å²) in [5, 5.41) is 8.71. The van der Waals surface area contributed by atoms with Crippen LogP contribution in [0, 0.1) is 18.3 Å². The van der Waals surface area contributed by atoms with Crippen molar-refractivity contribution in [3.05, 3.63) is 65.2 Å². The molecule has 0 aliphatic carbocycles. The Bertz CT molecular complexity index is 692. The topological polar surface area (TPSA) is 50.1 Å². The molecule has 4 heteroatoms. The summed E-state index contributed by atoms with van der Waals surface area (Å²) in [4.78, 5) is 13.4. The summed E-state index contributed by atoms with van der Waals surface area (Å²) in [6, 6.07) is 17.3. The molecule has 2 aromatic rings. The third-order valence-electron chi connectivity index (χ3n) is 3.28. The van der Waals surface area contributed by atoms with Crippen LogP contribution in [0.25, 0.3) is 0 Å². The molecule has 2 rings (SSSR count). The van der Waals surface area contributed by atoms with E-state index in [1.807, 2.05) is 43.3 Å². The number of rotatable bonds is 5. The van der Waals surface area contributed by atoms with Crippen molar-refractivity contribution in [2.45, 2.75) is 24.0 Å². The number of benzene rings is 2. The van der Waals surface area contributed by atoms with Crippen molar-refractivity contribution in [3.8, 4) is 6.07 Å². The molecule has 1 atom stereocenters. The number of hydrogen-bond acceptors (Lipinski definition) is 4. The summed E-state index contributed by atoms with van der Waals surface area (Å²) < 4.78 is 5.22. The van der Waals surface area contributed by atoms with Crippen LogP contribution in [0.5, 0.6) is 0 Å². The van der Waals surface area contributed by atoms with Crippen LogP contribution < -0.4 is 0 Å². The Kier molecular flexibility index (Phi) is 5.62. The maximum Gasteiger partial charge on any atom is 0.323 e. The number of hydrogen-bond donors (Lipinski definition) is 0. The Morgan fingerprint density at radius 1 is 1.23 bits per heavy atom. The molecule has 22 heavy (non-hydrogen) atoms. The van der Waals surface area contributed by atoms with Gasteiger partial charge in [-0.3, -0.25) is 4.79 Å². The molecule has 0 aliphatic rings. The number of nitriles is 1. The van der Waals surface area contributed by atoms with Gasteiger partial charge in [0.05, 0.1) is 18.2 Å². The van der Waals surface area contributed by atoms with E-state index < -0.39 is 5.25 Å². The average Bonchev–Trinajstić information content (AvgIpc) is 2.54. The molecule has 1 unspecified atom stereocenters. The smallest absolute Gasteiger partial charge is 0.323 e. The van der Waals surface area contributed by atoms with Crippen LogP contribution in [-0.4, -0.2) is 12.6 Å². The van der Waals surface area contributed by atoms with Gasteiger partial charge in [0.15, 0.2) is 0 Å². The number of esters is 1. The van der Waals surface area contributed by atoms with E-state index in [1.54, 1.807) is 19.1 Å². The molecule has 0 aromatic heterocycles. The summed E-state index contributed by atoms with van der Waals surface area (Å²) >= 11 is 1.44. The normalized spacial score (nSPS) is 11.5. The second-order valence-corrected chi connectivity index (χ2v) is 5.87. The average molecular weight is 311 g/mol. The van der Waals surface area contributed by atoms with Crippen molar-refractivity contribution >= 4 is 17.7 Å². The zero-order valence-corrected chi connectivity index (χ0v) is 13.4. The molecular formula is C18H17NO2S. The molecule has 2 aromatic carbocycles. The Morgan fingerprint density at radius 3 is 2.59 bits per heavy atom. The molecule has 0 saturated heterocycles. The van der Waals surface area contributed by atoms with Gasteiger partial charge < -0.3 is 4.74 Å². The van der Waals surface area contributed by atoms with Crippen molar-refractivity contribution < 1.29 is 9.53 Å². The third kappa shape index (κ3) is 3.69. The molecule has 0 spiro atoms. The van der Waals surface area contributed by atoms with Crippen LogP contribution in [0.4, 0.5) is 0 Å². The molecule has 112 valence electrons. The van der Waals surface area contributed by atoms with Gasteiger partial charge in [-0.1, -0.05) is 30.3 Å². The predicted octanol–water partition coefficient (Wildman–Crippen LogP) is 4.26. The number of nitrogens with zero attached hydrogens (tertiary/aromatic N) is 1. The Labute approximate surface area is 134 Å². The first-order chi connectivity index (χ1) is 10.7. The first kappa shape index (κ1) is 16.1. The van der Waals surface area contributed by atoms with Gasteiger partial charge in [0.25, 0.3) is 0 Å². The first-order valence-corrected chi connectivity index (χ1v) is 7.93. The lowest BCUT2D eigenvalue weighted by atomic mass is 10.0. The molecule has 0 aliphatic heterocycles. The van der Waals surface area contributed by atoms with Gasteiger partial charge in [-0.05, 0) is 43.2 Å². The Balaban J connectivity index is 2.41. The van der Waals surface area contributed by atoms with Crippen LogP contribution in [-0.2, 0) is 9.53 Å². The van der Waals surface area contributed by atoms with Gasteiger partial charge in [0.2, 0.25) is 0 Å². The standard InChI is InChI=1S/C18H17NO2S/c1-3-21-18(20)17(22-15-9-5-4-6-10-15)16-11-7-8-14(12-19)13(16)2/h4-11,17H,3H2,1-2H3. The van der Waals surface area contributed by atoms with E-state index >= 15 is 0 Å². The number of thioether (sulfide) groups is 1. The van der Waals surface area contributed by atoms with Crippen LogP contribution in [0.2, 0.25) is 0 Å². The van der Waals surface area contributed by atoms with E-state index in [0.29, 0.717) is 12.2 Å². The quantitative estimate of drug-likeness (QED) is 0.611. The van der Waals surface area contributed by atoms with Crippen molar-refractivity contribution in [1.82, 2.24) is 0 Å². The van der Waals surface area contributed by atoms with Crippen molar-refractivity contribution in [2.75, 3.05) is 6.61 Å². The van der Waals surface area contributed by atoms with E-state index in [4.69, 9.17) is 4.74 Å². The highest BCUT2D eigenvalue weighted by Crippen LogP contribution is 2.38. The van der Waals surface area contributed by atoms with E-state index in [9.17, 15) is 10.1 Å².